The van der Waals surface area contributed by atoms with E-state index < -0.39 is 5.97 Å². The number of ether oxygens (including phenoxy) is 4. The fourth-order valence-electron chi connectivity index (χ4n) is 2.11. The molecule has 0 saturated carbocycles. The number of carbonyl (C=O) groups is 1. The summed E-state index contributed by atoms with van der Waals surface area (Å²) in [5, 5.41) is 0.588. The van der Waals surface area contributed by atoms with Crippen molar-refractivity contribution in [2.75, 3.05) is 27.4 Å². The number of esters is 1. The molecule has 132 valence electrons. The van der Waals surface area contributed by atoms with Gasteiger partial charge in [-0.3, -0.25) is 0 Å². The minimum atomic E-state index is -0.473. The molecule has 6 heteroatoms. The molecule has 0 aliphatic rings. The zero-order valence-corrected chi connectivity index (χ0v) is 14.8. The predicted molar refractivity (Wildman–Crippen MR) is 96.5 cm³/mol. The van der Waals surface area contributed by atoms with Gasteiger partial charge in [-0.1, -0.05) is 29.8 Å². The molecule has 0 heterocycles. The second kappa shape index (κ2) is 9.59. The molecule has 2 aromatic carbocycles. The summed E-state index contributed by atoms with van der Waals surface area (Å²) in [7, 11) is 3.10. The first kappa shape index (κ1) is 18.7. The highest BCUT2D eigenvalue weighted by Gasteiger charge is 2.07. The number of rotatable bonds is 8. The third kappa shape index (κ3) is 5.72. The van der Waals surface area contributed by atoms with Crippen molar-refractivity contribution in [2.24, 2.45) is 0 Å². The van der Waals surface area contributed by atoms with Gasteiger partial charge in [-0.05, 0) is 30.3 Å². The van der Waals surface area contributed by atoms with Gasteiger partial charge in [0.1, 0.15) is 19.0 Å². The van der Waals surface area contributed by atoms with Crippen molar-refractivity contribution in [1.82, 2.24) is 0 Å². The molecule has 0 saturated heterocycles. The van der Waals surface area contributed by atoms with E-state index in [1.807, 2.05) is 12.1 Å². The van der Waals surface area contributed by atoms with E-state index >= 15 is 0 Å². The molecule has 5 nitrogen and oxygen atoms in total. The number of carbonyl (C=O) groups excluding carboxylic acids is 1. The Hall–Kier alpha value is -2.66. The van der Waals surface area contributed by atoms with Crippen molar-refractivity contribution in [1.29, 1.82) is 0 Å². The third-order valence-electron chi connectivity index (χ3n) is 3.22. The van der Waals surface area contributed by atoms with Crippen LogP contribution in [0.25, 0.3) is 6.08 Å². The lowest BCUT2D eigenvalue weighted by Crippen LogP contribution is -2.10. The quantitative estimate of drug-likeness (QED) is 0.403. The van der Waals surface area contributed by atoms with Crippen molar-refractivity contribution in [3.8, 4) is 17.2 Å². The normalized spacial score (nSPS) is 10.5. The molecule has 0 aliphatic heterocycles. The minimum Gasteiger partial charge on any atom is -0.493 e. The van der Waals surface area contributed by atoms with Gasteiger partial charge in [0.05, 0.1) is 14.2 Å². The van der Waals surface area contributed by atoms with Crippen LogP contribution in [0.2, 0.25) is 5.02 Å². The van der Waals surface area contributed by atoms with E-state index in [-0.39, 0.29) is 13.2 Å². The van der Waals surface area contributed by atoms with E-state index in [9.17, 15) is 4.79 Å². The summed E-state index contributed by atoms with van der Waals surface area (Å²) in [4.78, 5) is 11.8. The number of methoxy groups -OCH3 is 2. The Morgan fingerprint density at radius 1 is 1.08 bits per heavy atom. The Balaban J connectivity index is 1.83. The lowest BCUT2D eigenvalue weighted by atomic mass is 10.1. The lowest BCUT2D eigenvalue weighted by Gasteiger charge is -2.09. The zero-order valence-electron chi connectivity index (χ0n) is 14.0. The van der Waals surface area contributed by atoms with Crippen LogP contribution in [0.15, 0.2) is 48.5 Å². The van der Waals surface area contributed by atoms with Gasteiger partial charge in [0.25, 0.3) is 0 Å². The predicted octanol–water partition coefficient (Wildman–Crippen LogP) is 3.99. The number of benzene rings is 2. The number of para-hydroxylation sites is 1. The topological polar surface area (TPSA) is 54.0 Å². The van der Waals surface area contributed by atoms with Crippen molar-refractivity contribution in [3.05, 3.63) is 59.1 Å². The Morgan fingerprint density at radius 3 is 2.60 bits per heavy atom. The van der Waals surface area contributed by atoms with Crippen LogP contribution in [-0.2, 0) is 9.53 Å². The average Bonchev–Trinajstić information content (AvgIpc) is 2.63. The number of halogens is 1. The zero-order chi connectivity index (χ0) is 18.1. The molecule has 0 spiro atoms. The molecule has 0 bridgehead atoms. The SMILES string of the molecule is COc1cccc(C=CC(=O)OCCOc2cccc(Cl)c2)c1OC. The van der Waals surface area contributed by atoms with Crippen LogP contribution >= 0.6 is 11.6 Å². The summed E-state index contributed by atoms with van der Waals surface area (Å²) >= 11 is 5.86. The van der Waals surface area contributed by atoms with E-state index in [4.69, 9.17) is 30.5 Å². The molecule has 2 aromatic rings. The molecule has 0 unspecified atom stereocenters. The molecular formula is C19H19ClO5. The van der Waals surface area contributed by atoms with Gasteiger partial charge < -0.3 is 18.9 Å². The Labute approximate surface area is 151 Å². The van der Waals surface area contributed by atoms with Crippen LogP contribution in [0.1, 0.15) is 5.56 Å². The molecule has 0 amide bonds. The summed E-state index contributed by atoms with van der Waals surface area (Å²) in [6.07, 6.45) is 2.94. The highest BCUT2D eigenvalue weighted by molar-refractivity contribution is 6.30. The van der Waals surface area contributed by atoms with Gasteiger partial charge in [-0.2, -0.15) is 0 Å². The van der Waals surface area contributed by atoms with E-state index in [0.29, 0.717) is 27.8 Å². The molecular weight excluding hydrogens is 344 g/mol. The first-order valence-corrected chi connectivity index (χ1v) is 7.96. The highest BCUT2D eigenvalue weighted by atomic mass is 35.5. The summed E-state index contributed by atoms with van der Waals surface area (Å²) in [5.41, 5.74) is 0.717. The molecule has 2 rings (SSSR count). The minimum absolute atomic E-state index is 0.130. The van der Waals surface area contributed by atoms with E-state index in [0.717, 1.165) is 0 Å². The van der Waals surface area contributed by atoms with Gasteiger partial charge in [-0.25, -0.2) is 4.79 Å². The van der Waals surface area contributed by atoms with Gasteiger partial charge in [-0.15, -0.1) is 0 Å². The van der Waals surface area contributed by atoms with Crippen LogP contribution in [0, 0.1) is 0 Å². The van der Waals surface area contributed by atoms with Crippen LogP contribution in [0.5, 0.6) is 17.2 Å². The van der Waals surface area contributed by atoms with E-state index in [1.165, 1.54) is 6.08 Å². The van der Waals surface area contributed by atoms with Crippen molar-refractivity contribution in [2.45, 2.75) is 0 Å². The van der Waals surface area contributed by atoms with Gasteiger partial charge in [0.2, 0.25) is 0 Å². The van der Waals surface area contributed by atoms with Gasteiger partial charge >= 0.3 is 5.97 Å². The molecule has 25 heavy (non-hydrogen) atoms. The third-order valence-corrected chi connectivity index (χ3v) is 3.46. The van der Waals surface area contributed by atoms with Crippen molar-refractivity contribution in [3.63, 3.8) is 0 Å². The maximum atomic E-state index is 11.8. The summed E-state index contributed by atoms with van der Waals surface area (Å²) < 4.78 is 21.0. The van der Waals surface area contributed by atoms with Gasteiger partial charge in [0.15, 0.2) is 11.5 Å². The van der Waals surface area contributed by atoms with Crippen LogP contribution in [0.4, 0.5) is 0 Å². The average molecular weight is 363 g/mol. The molecule has 0 aromatic heterocycles. The molecule has 0 fully saturated rings. The van der Waals surface area contributed by atoms with E-state index in [1.54, 1.807) is 50.6 Å². The smallest absolute Gasteiger partial charge is 0.330 e. The summed E-state index contributed by atoms with van der Waals surface area (Å²) in [6.45, 7) is 0.368. The standard InChI is InChI=1S/C19H19ClO5/c1-22-17-8-3-5-14(19(17)23-2)9-10-18(21)25-12-11-24-16-7-4-6-15(20)13-16/h3-10,13H,11-12H2,1-2H3. The number of hydrogen-bond donors (Lipinski definition) is 0. The Morgan fingerprint density at radius 2 is 1.88 bits per heavy atom. The molecule has 0 aliphatic carbocycles. The summed E-state index contributed by atoms with van der Waals surface area (Å²) in [6, 6.07) is 12.4. The highest BCUT2D eigenvalue weighted by Crippen LogP contribution is 2.31. The first-order valence-electron chi connectivity index (χ1n) is 7.58. The molecule has 0 radical (unpaired) electrons. The second-order valence-electron chi connectivity index (χ2n) is 4.89. The fraction of sp³-hybridized carbons (Fsp3) is 0.211. The second-order valence-corrected chi connectivity index (χ2v) is 5.33. The van der Waals surface area contributed by atoms with Crippen LogP contribution in [0.3, 0.4) is 0 Å². The van der Waals surface area contributed by atoms with Gasteiger partial charge in [0, 0.05) is 16.7 Å². The first-order chi connectivity index (χ1) is 12.1. The Kier molecular flexibility index (Phi) is 7.16. The van der Waals surface area contributed by atoms with Crippen molar-refractivity contribution < 1.29 is 23.7 Å². The van der Waals surface area contributed by atoms with Crippen LogP contribution < -0.4 is 14.2 Å². The monoisotopic (exact) mass is 362 g/mol. The van der Waals surface area contributed by atoms with Crippen LogP contribution in [-0.4, -0.2) is 33.4 Å². The van der Waals surface area contributed by atoms with E-state index in [2.05, 4.69) is 0 Å². The largest absolute Gasteiger partial charge is 0.493 e. The Bertz CT molecular complexity index is 742. The fourth-order valence-corrected chi connectivity index (χ4v) is 2.29. The molecule has 0 N–H and O–H groups in total. The summed E-state index contributed by atoms with van der Waals surface area (Å²) in [5.74, 6) is 1.30. The number of hydrogen-bond acceptors (Lipinski definition) is 5. The lowest BCUT2D eigenvalue weighted by molar-refractivity contribution is -0.138. The maximum absolute atomic E-state index is 11.8. The maximum Gasteiger partial charge on any atom is 0.330 e. The van der Waals surface area contributed by atoms with Crippen molar-refractivity contribution >= 4 is 23.6 Å². The molecule has 0 atom stereocenters.